The van der Waals surface area contributed by atoms with Crippen LogP contribution in [0.4, 0.5) is 4.39 Å². The number of hydrogen-bond donors (Lipinski definition) is 2. The second-order valence-corrected chi connectivity index (χ2v) is 6.07. The molecule has 0 bridgehead atoms. The number of furan rings is 1. The van der Waals surface area contributed by atoms with E-state index in [0.717, 1.165) is 0 Å². The maximum Gasteiger partial charge on any atom is 0.308 e. The van der Waals surface area contributed by atoms with E-state index in [2.05, 4.69) is 5.32 Å². The average Bonchev–Trinajstić information content (AvgIpc) is 2.79. The Morgan fingerprint density at radius 2 is 2.04 bits per heavy atom. The summed E-state index contributed by atoms with van der Waals surface area (Å²) >= 11 is 0. The van der Waals surface area contributed by atoms with Gasteiger partial charge in [0, 0.05) is 17.5 Å². The molecule has 0 aliphatic heterocycles. The molecule has 23 heavy (non-hydrogen) atoms. The number of amides is 1. The van der Waals surface area contributed by atoms with Crippen LogP contribution in [0.5, 0.6) is 0 Å². The number of halogens is 1. The lowest BCUT2D eigenvalue weighted by molar-refractivity contribution is -0.142. The van der Waals surface area contributed by atoms with Gasteiger partial charge in [0.2, 0.25) is 0 Å². The molecule has 5 nitrogen and oxygen atoms in total. The molecule has 1 heterocycles. The third-order valence-corrected chi connectivity index (χ3v) is 3.72. The summed E-state index contributed by atoms with van der Waals surface area (Å²) in [4.78, 5) is 23.5. The molecule has 1 amide bonds. The second kappa shape index (κ2) is 6.81. The fraction of sp³-hybridized carbons (Fsp3) is 0.412. The number of carboxylic acids is 1. The van der Waals surface area contributed by atoms with Gasteiger partial charge in [-0.05, 0) is 37.5 Å². The zero-order valence-corrected chi connectivity index (χ0v) is 13.4. The minimum atomic E-state index is -0.942. The van der Waals surface area contributed by atoms with E-state index in [0.29, 0.717) is 23.0 Å². The number of benzene rings is 1. The fourth-order valence-corrected chi connectivity index (χ4v) is 2.55. The van der Waals surface area contributed by atoms with Gasteiger partial charge in [-0.3, -0.25) is 9.59 Å². The van der Waals surface area contributed by atoms with Crippen LogP contribution in [0.2, 0.25) is 0 Å². The lowest BCUT2D eigenvalue weighted by Crippen LogP contribution is -2.33. The van der Waals surface area contributed by atoms with Crippen LogP contribution in [0.3, 0.4) is 0 Å². The molecule has 0 saturated carbocycles. The van der Waals surface area contributed by atoms with Crippen LogP contribution in [0.1, 0.15) is 36.4 Å². The molecule has 1 aromatic heterocycles. The normalized spacial score (nSPS) is 12.6. The number of aryl methyl sites for hydroxylation is 1. The molecule has 0 fully saturated rings. The van der Waals surface area contributed by atoms with Crippen molar-refractivity contribution in [3.05, 3.63) is 35.3 Å². The smallest absolute Gasteiger partial charge is 0.308 e. The molecule has 2 N–H and O–H groups in total. The van der Waals surface area contributed by atoms with Crippen molar-refractivity contribution in [2.45, 2.75) is 27.2 Å². The Bertz CT molecular complexity index is 736. The van der Waals surface area contributed by atoms with Gasteiger partial charge in [0.05, 0.1) is 5.92 Å². The Balaban J connectivity index is 2.14. The number of fused-ring (bicyclic) bond motifs is 1. The summed E-state index contributed by atoms with van der Waals surface area (Å²) in [7, 11) is 0. The quantitative estimate of drug-likeness (QED) is 0.855. The van der Waals surface area contributed by atoms with Gasteiger partial charge in [0.15, 0.2) is 5.76 Å². The first-order valence-corrected chi connectivity index (χ1v) is 7.49. The standard InChI is InChI=1S/C17H20FNO4/c1-9(2)6-11(17(21)22)8-19-16(20)15-10(3)13-7-12(18)4-5-14(13)23-15/h4-5,7,9,11H,6,8H2,1-3H3,(H,19,20)(H,21,22). The Morgan fingerprint density at radius 1 is 1.35 bits per heavy atom. The van der Waals surface area contributed by atoms with Crippen molar-refractivity contribution in [1.82, 2.24) is 5.32 Å². The maximum absolute atomic E-state index is 13.3. The molecular weight excluding hydrogens is 301 g/mol. The van der Waals surface area contributed by atoms with Gasteiger partial charge >= 0.3 is 5.97 Å². The van der Waals surface area contributed by atoms with Gasteiger partial charge < -0.3 is 14.8 Å². The molecule has 0 saturated heterocycles. The number of carbonyl (C=O) groups excluding carboxylic acids is 1. The Kier molecular flexibility index (Phi) is 5.03. The van der Waals surface area contributed by atoms with Crippen molar-refractivity contribution in [3.8, 4) is 0 Å². The minimum absolute atomic E-state index is 0.0250. The van der Waals surface area contributed by atoms with Gasteiger partial charge in [0.1, 0.15) is 11.4 Å². The number of aliphatic carboxylic acids is 1. The highest BCUT2D eigenvalue weighted by atomic mass is 19.1. The summed E-state index contributed by atoms with van der Waals surface area (Å²) in [5.41, 5.74) is 0.957. The molecule has 0 aliphatic rings. The van der Waals surface area contributed by atoms with Crippen LogP contribution in [0.25, 0.3) is 11.0 Å². The number of hydrogen-bond acceptors (Lipinski definition) is 3. The molecule has 6 heteroatoms. The number of rotatable bonds is 6. The summed E-state index contributed by atoms with van der Waals surface area (Å²) in [6, 6.07) is 4.03. The molecule has 1 aromatic carbocycles. The Labute approximate surface area is 133 Å². The van der Waals surface area contributed by atoms with Crippen LogP contribution in [0, 0.1) is 24.6 Å². The molecule has 124 valence electrons. The first-order chi connectivity index (χ1) is 10.8. The summed E-state index contributed by atoms with van der Waals surface area (Å²) in [5.74, 6) is -2.20. The third kappa shape index (κ3) is 3.88. The summed E-state index contributed by atoms with van der Waals surface area (Å²) < 4.78 is 18.7. The third-order valence-electron chi connectivity index (χ3n) is 3.72. The minimum Gasteiger partial charge on any atom is -0.481 e. The van der Waals surface area contributed by atoms with Gasteiger partial charge in [-0.25, -0.2) is 4.39 Å². The molecule has 1 atom stereocenters. The predicted octanol–water partition coefficient (Wildman–Crippen LogP) is 3.36. The van der Waals surface area contributed by atoms with E-state index in [1.54, 1.807) is 6.92 Å². The highest BCUT2D eigenvalue weighted by Crippen LogP contribution is 2.26. The second-order valence-electron chi connectivity index (χ2n) is 6.07. The lowest BCUT2D eigenvalue weighted by atomic mass is 9.97. The van der Waals surface area contributed by atoms with E-state index < -0.39 is 23.6 Å². The maximum atomic E-state index is 13.3. The molecule has 2 rings (SSSR count). The topological polar surface area (TPSA) is 79.5 Å². The number of carbonyl (C=O) groups is 2. The molecule has 0 aliphatic carbocycles. The largest absolute Gasteiger partial charge is 0.481 e. The SMILES string of the molecule is Cc1c(C(=O)NCC(CC(C)C)C(=O)O)oc2ccc(F)cc12. The van der Waals surface area contributed by atoms with Gasteiger partial charge in [0.25, 0.3) is 5.91 Å². The molecule has 2 aromatic rings. The predicted molar refractivity (Wildman–Crippen MR) is 83.8 cm³/mol. The highest BCUT2D eigenvalue weighted by Gasteiger charge is 2.22. The molecule has 1 unspecified atom stereocenters. The zero-order valence-electron chi connectivity index (χ0n) is 13.4. The van der Waals surface area contributed by atoms with Crippen LogP contribution in [-0.2, 0) is 4.79 Å². The monoisotopic (exact) mass is 321 g/mol. The van der Waals surface area contributed by atoms with Crippen LogP contribution < -0.4 is 5.32 Å². The van der Waals surface area contributed by atoms with E-state index in [-0.39, 0.29) is 18.2 Å². The van der Waals surface area contributed by atoms with E-state index in [1.807, 2.05) is 13.8 Å². The lowest BCUT2D eigenvalue weighted by Gasteiger charge is -2.15. The van der Waals surface area contributed by atoms with Crippen LogP contribution >= 0.6 is 0 Å². The van der Waals surface area contributed by atoms with Crippen LogP contribution in [-0.4, -0.2) is 23.5 Å². The van der Waals surface area contributed by atoms with Gasteiger partial charge in [-0.1, -0.05) is 13.8 Å². The summed E-state index contributed by atoms with van der Waals surface area (Å²) in [6.45, 7) is 5.55. The molecular formula is C17H20FNO4. The van der Waals surface area contributed by atoms with Gasteiger partial charge in [-0.15, -0.1) is 0 Å². The van der Waals surface area contributed by atoms with Gasteiger partial charge in [-0.2, -0.15) is 0 Å². The fourth-order valence-electron chi connectivity index (χ4n) is 2.55. The highest BCUT2D eigenvalue weighted by molar-refractivity contribution is 5.99. The van der Waals surface area contributed by atoms with E-state index in [9.17, 15) is 19.1 Å². The van der Waals surface area contributed by atoms with Crippen molar-refractivity contribution in [3.63, 3.8) is 0 Å². The van der Waals surface area contributed by atoms with Crippen molar-refractivity contribution < 1.29 is 23.5 Å². The van der Waals surface area contributed by atoms with Crippen molar-refractivity contribution in [2.75, 3.05) is 6.54 Å². The molecule has 0 radical (unpaired) electrons. The van der Waals surface area contributed by atoms with E-state index in [4.69, 9.17) is 4.42 Å². The van der Waals surface area contributed by atoms with Crippen LogP contribution in [0.15, 0.2) is 22.6 Å². The van der Waals surface area contributed by atoms with Crippen molar-refractivity contribution in [1.29, 1.82) is 0 Å². The van der Waals surface area contributed by atoms with E-state index >= 15 is 0 Å². The number of nitrogens with one attached hydrogen (secondary N) is 1. The van der Waals surface area contributed by atoms with Crippen molar-refractivity contribution in [2.24, 2.45) is 11.8 Å². The summed E-state index contributed by atoms with van der Waals surface area (Å²) in [6.07, 6.45) is 0.472. The first kappa shape index (κ1) is 17.0. The number of carboxylic acid groups (broad SMARTS) is 1. The Morgan fingerprint density at radius 3 is 2.65 bits per heavy atom. The first-order valence-electron chi connectivity index (χ1n) is 7.49. The van der Waals surface area contributed by atoms with Crippen molar-refractivity contribution >= 4 is 22.8 Å². The Hall–Kier alpha value is -2.37. The zero-order chi connectivity index (χ0) is 17.1. The summed E-state index contributed by atoms with van der Waals surface area (Å²) in [5, 5.41) is 12.3. The van der Waals surface area contributed by atoms with E-state index in [1.165, 1.54) is 18.2 Å². The average molecular weight is 321 g/mol. The molecule has 0 spiro atoms.